The van der Waals surface area contributed by atoms with Gasteiger partial charge in [-0.15, -0.1) is 0 Å². The number of benzene rings is 2. The fourth-order valence-corrected chi connectivity index (χ4v) is 2.78. The second kappa shape index (κ2) is 7.59. The average molecular weight is 385 g/mol. The van der Waals surface area contributed by atoms with Gasteiger partial charge in [-0.2, -0.15) is 5.10 Å². The maximum Gasteiger partial charge on any atom is 0.404 e. The number of carbonyl (C=O) groups excluding carboxylic acids is 1. The minimum absolute atomic E-state index is 0.0553. The van der Waals surface area contributed by atoms with Gasteiger partial charge in [0.1, 0.15) is 5.69 Å². The van der Waals surface area contributed by atoms with Crippen molar-refractivity contribution in [1.29, 1.82) is 0 Å². The van der Waals surface area contributed by atoms with Crippen LogP contribution in [0.15, 0.2) is 42.6 Å². The normalized spacial score (nSPS) is 10.7. The Hall–Kier alpha value is -3.55. The summed E-state index contributed by atoms with van der Waals surface area (Å²) >= 11 is 0. The number of aryl methyl sites for hydroxylation is 1. The molecule has 2 N–H and O–H groups in total. The number of Topliss-reactive ketones (excluding diaryl/α,β-unsaturated/α-hetero) is 1. The van der Waals surface area contributed by atoms with Crippen LogP contribution in [0.5, 0.6) is 0 Å². The summed E-state index contributed by atoms with van der Waals surface area (Å²) in [6.07, 6.45) is 0.285. The van der Waals surface area contributed by atoms with Crippen LogP contribution in [-0.2, 0) is 6.54 Å². The number of nitrogens with zero attached hydrogens (tertiary/aromatic N) is 2. The van der Waals surface area contributed by atoms with E-state index < -0.39 is 23.5 Å². The molecule has 0 saturated heterocycles. The zero-order valence-corrected chi connectivity index (χ0v) is 15.2. The van der Waals surface area contributed by atoms with E-state index in [1.54, 1.807) is 18.2 Å². The van der Waals surface area contributed by atoms with Gasteiger partial charge in [-0.25, -0.2) is 18.3 Å². The van der Waals surface area contributed by atoms with E-state index in [0.717, 1.165) is 27.9 Å². The van der Waals surface area contributed by atoms with E-state index in [1.807, 2.05) is 13.0 Å². The number of ketones is 1. The van der Waals surface area contributed by atoms with E-state index in [2.05, 4.69) is 10.4 Å². The number of amides is 1. The van der Waals surface area contributed by atoms with Crippen molar-refractivity contribution in [3.05, 3.63) is 70.9 Å². The third kappa shape index (κ3) is 3.90. The van der Waals surface area contributed by atoms with Gasteiger partial charge in [0.2, 0.25) is 0 Å². The predicted octanol–water partition coefficient (Wildman–Crippen LogP) is 4.10. The average Bonchev–Trinajstić information content (AvgIpc) is 3.09. The molecule has 28 heavy (non-hydrogen) atoms. The van der Waals surface area contributed by atoms with Crippen LogP contribution in [0.25, 0.3) is 16.9 Å². The van der Waals surface area contributed by atoms with Gasteiger partial charge >= 0.3 is 6.09 Å². The molecule has 0 aliphatic heterocycles. The highest BCUT2D eigenvalue weighted by Gasteiger charge is 2.17. The predicted molar refractivity (Wildman–Crippen MR) is 98.5 cm³/mol. The number of carboxylic acid groups (broad SMARTS) is 1. The fraction of sp³-hybridized carbons (Fsp3) is 0.150. The standard InChI is InChI=1S/C20H17F2N3O3/c1-11-3-4-13(7-15(11)10-23-20(27)28)18-5-6-25(24-18)19-16(21)8-14(12(2)26)9-17(19)22/h3-9,23H,10H2,1-2H3,(H,27,28). The number of halogens is 2. The largest absolute Gasteiger partial charge is 0.465 e. The van der Waals surface area contributed by atoms with Crippen molar-refractivity contribution in [2.45, 2.75) is 20.4 Å². The van der Waals surface area contributed by atoms with E-state index in [4.69, 9.17) is 5.11 Å². The summed E-state index contributed by atoms with van der Waals surface area (Å²) in [5, 5.41) is 15.3. The summed E-state index contributed by atoms with van der Waals surface area (Å²) in [7, 11) is 0. The number of hydrogen-bond acceptors (Lipinski definition) is 3. The molecule has 0 radical (unpaired) electrons. The molecule has 1 aromatic heterocycles. The molecule has 0 saturated carbocycles. The zero-order chi connectivity index (χ0) is 20.4. The molecule has 0 unspecified atom stereocenters. The topological polar surface area (TPSA) is 84.2 Å². The number of nitrogens with one attached hydrogen (secondary N) is 1. The molecule has 2 aromatic carbocycles. The molecule has 0 fully saturated rings. The quantitative estimate of drug-likeness (QED) is 0.648. The highest BCUT2D eigenvalue weighted by molar-refractivity contribution is 5.94. The highest BCUT2D eigenvalue weighted by Crippen LogP contribution is 2.24. The fourth-order valence-electron chi connectivity index (χ4n) is 2.78. The maximum atomic E-state index is 14.3. The van der Waals surface area contributed by atoms with Crippen LogP contribution in [-0.4, -0.2) is 26.8 Å². The Morgan fingerprint density at radius 3 is 2.43 bits per heavy atom. The summed E-state index contributed by atoms with van der Waals surface area (Å²) in [6, 6.07) is 8.92. The Morgan fingerprint density at radius 1 is 1.14 bits per heavy atom. The molecule has 0 atom stereocenters. The molecular weight excluding hydrogens is 368 g/mol. The Balaban J connectivity index is 1.96. The first-order valence-corrected chi connectivity index (χ1v) is 8.39. The van der Waals surface area contributed by atoms with E-state index in [9.17, 15) is 18.4 Å². The highest BCUT2D eigenvalue weighted by atomic mass is 19.1. The molecule has 144 valence electrons. The minimum atomic E-state index is -1.13. The number of hydrogen-bond donors (Lipinski definition) is 2. The number of rotatable bonds is 5. The van der Waals surface area contributed by atoms with Crippen LogP contribution in [0, 0.1) is 18.6 Å². The Morgan fingerprint density at radius 2 is 1.82 bits per heavy atom. The molecule has 0 spiro atoms. The summed E-state index contributed by atoms with van der Waals surface area (Å²) in [4.78, 5) is 22.1. The van der Waals surface area contributed by atoms with E-state index >= 15 is 0 Å². The number of aromatic nitrogens is 2. The third-order valence-electron chi connectivity index (χ3n) is 4.32. The summed E-state index contributed by atoms with van der Waals surface area (Å²) in [5.41, 5.74) is 2.36. The first-order chi connectivity index (χ1) is 13.3. The lowest BCUT2D eigenvalue weighted by atomic mass is 10.0. The molecule has 6 nitrogen and oxygen atoms in total. The molecule has 0 aliphatic rings. The van der Waals surface area contributed by atoms with Gasteiger partial charge in [0.05, 0.1) is 5.69 Å². The van der Waals surface area contributed by atoms with Crippen LogP contribution in [0.1, 0.15) is 28.4 Å². The zero-order valence-electron chi connectivity index (χ0n) is 15.2. The monoisotopic (exact) mass is 385 g/mol. The van der Waals surface area contributed by atoms with Crippen molar-refractivity contribution in [2.75, 3.05) is 0 Å². The lowest BCUT2D eigenvalue weighted by Crippen LogP contribution is -2.20. The molecular formula is C20H17F2N3O3. The second-order valence-corrected chi connectivity index (χ2v) is 6.29. The van der Waals surface area contributed by atoms with E-state index in [-0.39, 0.29) is 17.8 Å². The van der Waals surface area contributed by atoms with Gasteiger partial charge in [0.15, 0.2) is 17.4 Å². The molecule has 3 rings (SSSR count). The maximum absolute atomic E-state index is 14.3. The van der Waals surface area contributed by atoms with Crippen molar-refractivity contribution in [3.8, 4) is 16.9 Å². The molecule has 8 heteroatoms. The Kier molecular flexibility index (Phi) is 5.21. The first-order valence-electron chi connectivity index (χ1n) is 8.39. The van der Waals surface area contributed by atoms with E-state index in [0.29, 0.717) is 11.3 Å². The second-order valence-electron chi connectivity index (χ2n) is 6.29. The summed E-state index contributed by atoms with van der Waals surface area (Å²) in [5.74, 6) is -2.22. The van der Waals surface area contributed by atoms with Gasteiger partial charge in [-0.3, -0.25) is 4.79 Å². The summed E-state index contributed by atoms with van der Waals surface area (Å²) in [6.45, 7) is 3.21. The Labute approximate surface area is 159 Å². The van der Waals surface area contributed by atoms with Crippen LogP contribution < -0.4 is 5.32 Å². The van der Waals surface area contributed by atoms with Crippen molar-refractivity contribution in [2.24, 2.45) is 0 Å². The van der Waals surface area contributed by atoms with Crippen LogP contribution in [0.4, 0.5) is 13.6 Å². The first kappa shape index (κ1) is 19.2. The van der Waals surface area contributed by atoms with Crippen molar-refractivity contribution in [1.82, 2.24) is 15.1 Å². The molecule has 1 heterocycles. The van der Waals surface area contributed by atoms with Crippen LogP contribution >= 0.6 is 0 Å². The van der Waals surface area contributed by atoms with Crippen molar-refractivity contribution in [3.63, 3.8) is 0 Å². The van der Waals surface area contributed by atoms with Gasteiger partial charge in [-0.1, -0.05) is 12.1 Å². The van der Waals surface area contributed by atoms with Gasteiger partial charge in [0.25, 0.3) is 0 Å². The lowest BCUT2D eigenvalue weighted by molar-refractivity contribution is 0.101. The SMILES string of the molecule is CC(=O)c1cc(F)c(-n2ccc(-c3ccc(C)c(CNC(=O)O)c3)n2)c(F)c1. The summed E-state index contributed by atoms with van der Waals surface area (Å²) < 4.78 is 29.8. The van der Waals surface area contributed by atoms with Gasteiger partial charge < -0.3 is 10.4 Å². The van der Waals surface area contributed by atoms with Crippen molar-refractivity contribution < 1.29 is 23.5 Å². The Bertz CT molecular complexity index is 1050. The van der Waals surface area contributed by atoms with Crippen LogP contribution in [0.2, 0.25) is 0 Å². The molecule has 3 aromatic rings. The van der Waals surface area contributed by atoms with E-state index in [1.165, 1.54) is 13.1 Å². The smallest absolute Gasteiger partial charge is 0.404 e. The molecule has 0 aliphatic carbocycles. The van der Waals surface area contributed by atoms with Crippen molar-refractivity contribution >= 4 is 11.9 Å². The van der Waals surface area contributed by atoms with Gasteiger partial charge in [-0.05, 0) is 49.2 Å². The third-order valence-corrected chi connectivity index (χ3v) is 4.32. The van der Waals surface area contributed by atoms with Gasteiger partial charge in [0, 0.05) is 23.9 Å². The lowest BCUT2D eigenvalue weighted by Gasteiger charge is -2.08. The van der Waals surface area contributed by atoms with Crippen LogP contribution in [0.3, 0.4) is 0 Å². The minimum Gasteiger partial charge on any atom is -0.465 e. The molecule has 0 bridgehead atoms. The number of carbonyl (C=O) groups is 2. The molecule has 1 amide bonds.